The second-order valence-electron chi connectivity index (χ2n) is 7.75. The smallest absolute Gasteiger partial charge is 0.257 e. The van der Waals surface area contributed by atoms with E-state index < -0.39 is 0 Å². The topological polar surface area (TPSA) is 77.5 Å². The molecule has 0 bridgehead atoms. The number of methoxy groups -OCH3 is 4. The summed E-state index contributed by atoms with van der Waals surface area (Å²) < 4.78 is 21.3. The van der Waals surface area contributed by atoms with Crippen LogP contribution < -0.4 is 18.9 Å². The molecule has 3 rings (SSSR count). The van der Waals surface area contributed by atoms with Gasteiger partial charge in [0.15, 0.2) is 0 Å². The lowest BCUT2D eigenvalue weighted by Crippen LogP contribution is -2.59. The van der Waals surface area contributed by atoms with Gasteiger partial charge in [-0.15, -0.1) is 0 Å². The maximum Gasteiger partial charge on any atom is 0.257 e. The number of piperazine rings is 1. The predicted molar refractivity (Wildman–Crippen MR) is 120 cm³/mol. The molecule has 8 heteroatoms. The molecule has 0 aromatic heterocycles. The first-order valence-electron chi connectivity index (χ1n) is 10.4. The number of benzene rings is 2. The van der Waals surface area contributed by atoms with E-state index in [1.807, 2.05) is 13.8 Å². The van der Waals surface area contributed by atoms with Crippen molar-refractivity contribution in [3.05, 3.63) is 47.5 Å². The van der Waals surface area contributed by atoms with E-state index in [0.29, 0.717) is 47.2 Å². The molecule has 0 aliphatic carbocycles. The Morgan fingerprint density at radius 1 is 0.688 bits per heavy atom. The lowest BCUT2D eigenvalue weighted by Gasteiger charge is -2.44. The summed E-state index contributed by atoms with van der Waals surface area (Å²) in [5.74, 6) is 1.86. The molecule has 2 unspecified atom stereocenters. The van der Waals surface area contributed by atoms with Crippen LogP contribution in [0.4, 0.5) is 0 Å². The summed E-state index contributed by atoms with van der Waals surface area (Å²) in [5.41, 5.74) is 0.924. The molecule has 2 aromatic rings. The van der Waals surface area contributed by atoms with Crippen molar-refractivity contribution < 1.29 is 28.5 Å². The molecule has 172 valence electrons. The molecule has 2 amide bonds. The SMILES string of the molecule is COc1ccc(C(=O)N2CC(C)N(C(=O)c3ccc(OC)cc3OC)CC2C)c(OC)c1. The minimum Gasteiger partial charge on any atom is -0.497 e. The van der Waals surface area contributed by atoms with Gasteiger partial charge in [-0.2, -0.15) is 0 Å². The van der Waals surface area contributed by atoms with Gasteiger partial charge in [-0.05, 0) is 38.1 Å². The van der Waals surface area contributed by atoms with Gasteiger partial charge in [0.2, 0.25) is 0 Å². The summed E-state index contributed by atoms with van der Waals surface area (Å²) in [6.07, 6.45) is 0. The molecule has 2 atom stereocenters. The Morgan fingerprint density at radius 3 is 1.38 bits per heavy atom. The highest BCUT2D eigenvalue weighted by Gasteiger charge is 2.36. The van der Waals surface area contributed by atoms with Gasteiger partial charge < -0.3 is 28.7 Å². The Bertz CT molecular complexity index is 913. The van der Waals surface area contributed by atoms with Crippen LogP contribution in [-0.4, -0.2) is 75.2 Å². The zero-order chi connectivity index (χ0) is 23.4. The fourth-order valence-electron chi connectivity index (χ4n) is 3.95. The summed E-state index contributed by atoms with van der Waals surface area (Å²) in [7, 11) is 6.18. The highest BCUT2D eigenvalue weighted by Crippen LogP contribution is 2.30. The lowest BCUT2D eigenvalue weighted by molar-refractivity contribution is 0.0266. The number of amides is 2. The number of nitrogens with zero attached hydrogens (tertiary/aromatic N) is 2. The van der Waals surface area contributed by atoms with Gasteiger partial charge in [-0.1, -0.05) is 0 Å². The molecule has 1 saturated heterocycles. The maximum absolute atomic E-state index is 13.3. The average molecular weight is 443 g/mol. The van der Waals surface area contributed by atoms with Gasteiger partial charge in [0, 0.05) is 37.3 Å². The van der Waals surface area contributed by atoms with E-state index in [1.165, 1.54) is 14.2 Å². The zero-order valence-corrected chi connectivity index (χ0v) is 19.4. The predicted octanol–water partition coefficient (Wildman–Crippen LogP) is 3.10. The Hall–Kier alpha value is -3.42. The summed E-state index contributed by atoms with van der Waals surface area (Å²) in [4.78, 5) is 30.2. The fourth-order valence-corrected chi connectivity index (χ4v) is 3.95. The molecule has 0 spiro atoms. The van der Waals surface area contributed by atoms with Crippen molar-refractivity contribution in [3.63, 3.8) is 0 Å². The largest absolute Gasteiger partial charge is 0.497 e. The number of rotatable bonds is 6. The maximum atomic E-state index is 13.3. The van der Waals surface area contributed by atoms with E-state index in [-0.39, 0.29) is 23.9 Å². The Kier molecular flexibility index (Phi) is 7.12. The standard InChI is InChI=1S/C24H30N2O6/c1-15-13-26(24(28)20-10-8-18(30-4)12-22(20)32-6)16(2)14-25(15)23(27)19-9-7-17(29-3)11-21(19)31-5/h7-12,15-16H,13-14H2,1-6H3. The van der Waals surface area contributed by atoms with Gasteiger partial charge in [-0.3, -0.25) is 9.59 Å². The van der Waals surface area contributed by atoms with Gasteiger partial charge in [0.25, 0.3) is 11.8 Å². The Labute approximate surface area is 188 Å². The summed E-state index contributed by atoms with van der Waals surface area (Å²) in [5, 5.41) is 0. The van der Waals surface area contributed by atoms with Crippen LogP contribution in [-0.2, 0) is 0 Å². The van der Waals surface area contributed by atoms with Gasteiger partial charge in [0.05, 0.1) is 39.6 Å². The van der Waals surface area contributed by atoms with Crippen LogP contribution >= 0.6 is 0 Å². The van der Waals surface area contributed by atoms with Crippen LogP contribution in [0.5, 0.6) is 23.0 Å². The highest BCUT2D eigenvalue weighted by molar-refractivity contribution is 5.99. The molecule has 1 aliphatic heterocycles. The van der Waals surface area contributed by atoms with Crippen molar-refractivity contribution in [1.82, 2.24) is 9.80 Å². The molecule has 8 nitrogen and oxygen atoms in total. The minimum atomic E-state index is -0.182. The fraction of sp³-hybridized carbons (Fsp3) is 0.417. The molecule has 2 aromatic carbocycles. The van der Waals surface area contributed by atoms with E-state index in [0.717, 1.165) is 0 Å². The van der Waals surface area contributed by atoms with Crippen molar-refractivity contribution in [2.75, 3.05) is 41.5 Å². The Morgan fingerprint density at radius 2 is 1.06 bits per heavy atom. The molecule has 0 saturated carbocycles. The van der Waals surface area contributed by atoms with Crippen molar-refractivity contribution in [3.8, 4) is 23.0 Å². The normalized spacial score (nSPS) is 18.2. The van der Waals surface area contributed by atoms with Gasteiger partial charge >= 0.3 is 0 Å². The number of hydrogen-bond donors (Lipinski definition) is 0. The monoisotopic (exact) mass is 442 g/mol. The third-order valence-electron chi connectivity index (χ3n) is 5.79. The summed E-state index contributed by atoms with van der Waals surface area (Å²) >= 11 is 0. The first-order chi connectivity index (χ1) is 15.3. The number of carbonyl (C=O) groups excluding carboxylic acids is 2. The third kappa shape index (κ3) is 4.44. The molecule has 1 aliphatic rings. The van der Waals surface area contributed by atoms with E-state index in [9.17, 15) is 9.59 Å². The molecular weight excluding hydrogens is 412 g/mol. The lowest BCUT2D eigenvalue weighted by atomic mass is 10.0. The van der Waals surface area contributed by atoms with Crippen molar-refractivity contribution in [2.45, 2.75) is 25.9 Å². The molecule has 32 heavy (non-hydrogen) atoms. The summed E-state index contributed by atoms with van der Waals surface area (Å²) in [6.45, 7) is 4.68. The van der Waals surface area contributed by atoms with Crippen LogP contribution in [0, 0.1) is 0 Å². The van der Waals surface area contributed by atoms with Crippen molar-refractivity contribution >= 4 is 11.8 Å². The third-order valence-corrected chi connectivity index (χ3v) is 5.79. The summed E-state index contributed by atoms with van der Waals surface area (Å²) in [6, 6.07) is 9.90. The van der Waals surface area contributed by atoms with Gasteiger partial charge in [-0.25, -0.2) is 0 Å². The average Bonchev–Trinajstić information content (AvgIpc) is 2.83. The number of carbonyl (C=O) groups is 2. The molecule has 1 heterocycles. The van der Waals surface area contributed by atoms with Crippen molar-refractivity contribution in [2.24, 2.45) is 0 Å². The van der Waals surface area contributed by atoms with E-state index in [1.54, 1.807) is 60.4 Å². The number of ether oxygens (including phenoxy) is 4. The van der Waals surface area contributed by atoms with E-state index in [2.05, 4.69) is 0 Å². The molecule has 1 fully saturated rings. The van der Waals surface area contributed by atoms with Crippen LogP contribution in [0.1, 0.15) is 34.6 Å². The Balaban J connectivity index is 1.81. The van der Waals surface area contributed by atoms with Crippen LogP contribution in [0.15, 0.2) is 36.4 Å². The first kappa shape index (κ1) is 23.2. The van der Waals surface area contributed by atoms with Crippen LogP contribution in [0.25, 0.3) is 0 Å². The van der Waals surface area contributed by atoms with Crippen LogP contribution in [0.2, 0.25) is 0 Å². The minimum absolute atomic E-state index is 0.141. The van der Waals surface area contributed by atoms with E-state index in [4.69, 9.17) is 18.9 Å². The second-order valence-corrected chi connectivity index (χ2v) is 7.75. The first-order valence-corrected chi connectivity index (χ1v) is 10.4. The highest BCUT2D eigenvalue weighted by atomic mass is 16.5. The molecule has 0 radical (unpaired) electrons. The van der Waals surface area contributed by atoms with Crippen LogP contribution in [0.3, 0.4) is 0 Å². The van der Waals surface area contributed by atoms with Gasteiger partial charge in [0.1, 0.15) is 23.0 Å². The van der Waals surface area contributed by atoms with E-state index >= 15 is 0 Å². The molecule has 0 N–H and O–H groups in total. The zero-order valence-electron chi connectivity index (χ0n) is 19.4. The quantitative estimate of drug-likeness (QED) is 0.684. The molecular formula is C24H30N2O6. The number of hydrogen-bond acceptors (Lipinski definition) is 6. The van der Waals surface area contributed by atoms with Crippen molar-refractivity contribution in [1.29, 1.82) is 0 Å². The second kappa shape index (κ2) is 9.80.